The van der Waals surface area contributed by atoms with Crippen molar-refractivity contribution in [3.05, 3.63) is 65.9 Å². The fourth-order valence-corrected chi connectivity index (χ4v) is 2.20. The highest BCUT2D eigenvalue weighted by atomic mass is 16.5. The predicted octanol–water partition coefficient (Wildman–Crippen LogP) is 3.83. The van der Waals surface area contributed by atoms with Crippen molar-refractivity contribution in [3.8, 4) is 11.5 Å². The molecule has 1 heterocycles. The zero-order chi connectivity index (χ0) is 13.9. The average Bonchev–Trinajstić information content (AvgIpc) is 2.49. The van der Waals surface area contributed by atoms with Crippen molar-refractivity contribution in [1.29, 1.82) is 0 Å². The number of fused-ring (bicyclic) bond motifs is 1. The van der Waals surface area contributed by atoms with Gasteiger partial charge in [0, 0.05) is 22.7 Å². The summed E-state index contributed by atoms with van der Waals surface area (Å²) in [5.74, 6) is 0.952. The quantitative estimate of drug-likeness (QED) is 0.782. The maximum Gasteiger partial charge on any atom is 0.126 e. The number of ether oxygens (including phenoxy) is 1. The van der Waals surface area contributed by atoms with Crippen molar-refractivity contribution < 1.29 is 9.84 Å². The molecule has 0 aliphatic rings. The molecular formula is C17H15NO2. The van der Waals surface area contributed by atoms with Gasteiger partial charge in [0.2, 0.25) is 0 Å². The second-order valence-electron chi connectivity index (χ2n) is 4.68. The lowest BCUT2D eigenvalue weighted by Crippen LogP contribution is -1.98. The van der Waals surface area contributed by atoms with Crippen molar-refractivity contribution in [2.45, 2.75) is 13.5 Å². The van der Waals surface area contributed by atoms with Crippen LogP contribution in [-0.2, 0) is 6.61 Å². The number of phenolic OH excluding ortho intramolecular Hbond substituents is 1. The Morgan fingerprint density at radius 3 is 2.80 bits per heavy atom. The minimum atomic E-state index is 0.252. The Morgan fingerprint density at radius 1 is 1.05 bits per heavy atom. The number of hydrogen-bond acceptors (Lipinski definition) is 3. The summed E-state index contributed by atoms with van der Waals surface area (Å²) in [6.07, 6.45) is 1.79. The predicted molar refractivity (Wildman–Crippen MR) is 78.9 cm³/mol. The summed E-state index contributed by atoms with van der Waals surface area (Å²) < 4.78 is 5.82. The molecule has 0 saturated carbocycles. The van der Waals surface area contributed by atoms with Gasteiger partial charge in [-0.05, 0) is 31.2 Å². The average molecular weight is 265 g/mol. The molecule has 0 saturated heterocycles. The normalized spacial score (nSPS) is 10.7. The monoisotopic (exact) mass is 265 g/mol. The van der Waals surface area contributed by atoms with E-state index in [2.05, 4.69) is 4.98 Å². The van der Waals surface area contributed by atoms with Gasteiger partial charge in [0.25, 0.3) is 0 Å². The van der Waals surface area contributed by atoms with E-state index in [-0.39, 0.29) is 5.75 Å². The number of rotatable bonds is 3. The molecule has 3 heteroatoms. The Morgan fingerprint density at radius 2 is 1.90 bits per heavy atom. The van der Waals surface area contributed by atoms with Gasteiger partial charge in [0.05, 0.1) is 5.52 Å². The van der Waals surface area contributed by atoms with Gasteiger partial charge in [0.15, 0.2) is 0 Å². The number of aromatic nitrogens is 1. The Hall–Kier alpha value is -2.55. The molecular weight excluding hydrogens is 250 g/mol. The fourth-order valence-electron chi connectivity index (χ4n) is 2.20. The van der Waals surface area contributed by atoms with Crippen LogP contribution in [0.5, 0.6) is 11.5 Å². The fraction of sp³-hybridized carbons (Fsp3) is 0.118. The first-order chi connectivity index (χ1) is 9.75. The van der Waals surface area contributed by atoms with E-state index in [1.54, 1.807) is 18.3 Å². The summed E-state index contributed by atoms with van der Waals surface area (Å²) in [5.41, 5.74) is 2.80. The van der Waals surface area contributed by atoms with E-state index in [9.17, 15) is 5.11 Å². The number of phenols is 1. The van der Waals surface area contributed by atoms with E-state index in [1.165, 1.54) is 0 Å². The molecule has 2 aromatic carbocycles. The Bertz CT molecular complexity index is 748. The van der Waals surface area contributed by atoms with Gasteiger partial charge >= 0.3 is 0 Å². The molecule has 0 aliphatic carbocycles. The molecule has 100 valence electrons. The summed E-state index contributed by atoms with van der Waals surface area (Å²) in [7, 11) is 0. The molecule has 20 heavy (non-hydrogen) atoms. The molecule has 3 aromatic rings. The third kappa shape index (κ3) is 2.30. The van der Waals surface area contributed by atoms with Crippen molar-refractivity contribution in [1.82, 2.24) is 4.98 Å². The van der Waals surface area contributed by atoms with Crippen molar-refractivity contribution in [3.63, 3.8) is 0 Å². The standard InChI is InChI=1S/C17H15NO2/c1-12-16(19)7-4-8-17(12)20-11-13-9-10-18-15-6-3-2-5-14(13)15/h2-10,19H,11H2,1H3. The molecule has 1 N–H and O–H groups in total. The van der Waals surface area contributed by atoms with Gasteiger partial charge in [-0.1, -0.05) is 24.3 Å². The minimum absolute atomic E-state index is 0.252. The van der Waals surface area contributed by atoms with E-state index in [0.717, 1.165) is 22.0 Å². The zero-order valence-electron chi connectivity index (χ0n) is 11.2. The molecule has 0 aliphatic heterocycles. The van der Waals surface area contributed by atoms with Crippen LogP contribution >= 0.6 is 0 Å². The summed E-state index contributed by atoms with van der Waals surface area (Å²) in [6.45, 7) is 2.29. The molecule has 3 nitrogen and oxygen atoms in total. The third-order valence-electron chi connectivity index (χ3n) is 3.38. The number of pyridine rings is 1. The first kappa shape index (κ1) is 12.5. The first-order valence-electron chi connectivity index (χ1n) is 6.50. The minimum Gasteiger partial charge on any atom is -0.508 e. The van der Waals surface area contributed by atoms with E-state index in [4.69, 9.17) is 4.74 Å². The molecule has 0 fully saturated rings. The Balaban J connectivity index is 1.89. The molecule has 3 rings (SSSR count). The summed E-state index contributed by atoms with van der Waals surface area (Å²) in [5, 5.41) is 10.8. The maximum atomic E-state index is 9.68. The second kappa shape index (κ2) is 5.21. The van der Waals surface area contributed by atoms with Crippen molar-refractivity contribution in [2.24, 2.45) is 0 Å². The van der Waals surface area contributed by atoms with Crippen LogP contribution in [0.2, 0.25) is 0 Å². The van der Waals surface area contributed by atoms with Gasteiger partial charge in [-0.3, -0.25) is 4.98 Å². The Kier molecular flexibility index (Phi) is 3.25. The number of para-hydroxylation sites is 1. The van der Waals surface area contributed by atoms with Crippen molar-refractivity contribution >= 4 is 10.9 Å². The second-order valence-corrected chi connectivity index (χ2v) is 4.68. The van der Waals surface area contributed by atoms with Crippen LogP contribution in [0.1, 0.15) is 11.1 Å². The van der Waals surface area contributed by atoms with Crippen molar-refractivity contribution in [2.75, 3.05) is 0 Å². The lowest BCUT2D eigenvalue weighted by Gasteiger charge is -2.11. The molecule has 0 radical (unpaired) electrons. The van der Waals surface area contributed by atoms with E-state index in [1.807, 2.05) is 43.3 Å². The van der Waals surface area contributed by atoms with Gasteiger partial charge in [-0.15, -0.1) is 0 Å². The molecule has 0 amide bonds. The number of nitrogens with zero attached hydrogens (tertiary/aromatic N) is 1. The first-order valence-corrected chi connectivity index (χ1v) is 6.50. The number of hydrogen-bond donors (Lipinski definition) is 1. The van der Waals surface area contributed by atoms with Gasteiger partial charge in [-0.2, -0.15) is 0 Å². The molecule has 0 atom stereocenters. The van der Waals surface area contributed by atoms with Crippen LogP contribution in [0.4, 0.5) is 0 Å². The van der Waals surface area contributed by atoms with Crippen LogP contribution in [0, 0.1) is 6.92 Å². The summed E-state index contributed by atoms with van der Waals surface area (Å²) in [4.78, 5) is 4.33. The number of aromatic hydroxyl groups is 1. The smallest absolute Gasteiger partial charge is 0.126 e. The van der Waals surface area contributed by atoms with E-state index >= 15 is 0 Å². The van der Waals surface area contributed by atoms with Crippen LogP contribution in [-0.4, -0.2) is 10.1 Å². The van der Waals surface area contributed by atoms with Crippen LogP contribution in [0.25, 0.3) is 10.9 Å². The zero-order valence-corrected chi connectivity index (χ0v) is 11.2. The van der Waals surface area contributed by atoms with Gasteiger partial charge < -0.3 is 9.84 Å². The lowest BCUT2D eigenvalue weighted by molar-refractivity contribution is 0.303. The van der Waals surface area contributed by atoms with Crippen LogP contribution in [0.15, 0.2) is 54.7 Å². The molecule has 1 aromatic heterocycles. The maximum absolute atomic E-state index is 9.68. The van der Waals surface area contributed by atoms with Gasteiger partial charge in [0.1, 0.15) is 18.1 Å². The molecule has 0 unspecified atom stereocenters. The number of benzene rings is 2. The summed E-state index contributed by atoms with van der Waals surface area (Å²) >= 11 is 0. The topological polar surface area (TPSA) is 42.4 Å². The largest absolute Gasteiger partial charge is 0.508 e. The van der Waals surface area contributed by atoms with Crippen LogP contribution in [0.3, 0.4) is 0 Å². The van der Waals surface area contributed by atoms with Gasteiger partial charge in [-0.25, -0.2) is 0 Å². The molecule has 0 spiro atoms. The highest BCUT2D eigenvalue weighted by molar-refractivity contribution is 5.81. The van der Waals surface area contributed by atoms with Crippen LogP contribution < -0.4 is 4.74 Å². The summed E-state index contributed by atoms with van der Waals surface area (Å²) in [6, 6.07) is 15.2. The highest BCUT2D eigenvalue weighted by Crippen LogP contribution is 2.27. The Labute approximate surface area is 117 Å². The molecule has 0 bridgehead atoms. The van der Waals surface area contributed by atoms with E-state index < -0.39 is 0 Å². The highest BCUT2D eigenvalue weighted by Gasteiger charge is 2.06. The lowest BCUT2D eigenvalue weighted by atomic mass is 10.1. The van der Waals surface area contributed by atoms with E-state index in [0.29, 0.717) is 12.4 Å². The SMILES string of the molecule is Cc1c(O)cccc1OCc1ccnc2ccccc12. The third-order valence-corrected chi connectivity index (χ3v) is 3.38.